The van der Waals surface area contributed by atoms with Crippen LogP contribution in [0.15, 0.2) is 29.4 Å². The van der Waals surface area contributed by atoms with Gasteiger partial charge in [0.25, 0.3) is 0 Å². The molecule has 0 aromatic heterocycles. The lowest BCUT2D eigenvalue weighted by atomic mass is 10.0. The second kappa shape index (κ2) is 6.62. The smallest absolute Gasteiger partial charge is 0.332 e. The molecule has 0 spiro atoms. The highest BCUT2D eigenvalue weighted by atomic mass is 16.5. The maximum atomic E-state index is 10.6. The van der Waals surface area contributed by atoms with Gasteiger partial charge < -0.3 is 9.84 Å². The summed E-state index contributed by atoms with van der Waals surface area (Å²) in [6, 6.07) is 6.41. The van der Waals surface area contributed by atoms with E-state index in [9.17, 15) is 9.70 Å². The van der Waals surface area contributed by atoms with Crippen LogP contribution in [0.2, 0.25) is 0 Å². The van der Waals surface area contributed by atoms with Gasteiger partial charge in [0.1, 0.15) is 5.75 Å². The van der Waals surface area contributed by atoms with Crippen LogP contribution in [0.1, 0.15) is 18.4 Å². The summed E-state index contributed by atoms with van der Waals surface area (Å²) in [7, 11) is 1.59. The van der Waals surface area contributed by atoms with Crippen molar-refractivity contribution >= 4 is 5.97 Å². The summed E-state index contributed by atoms with van der Waals surface area (Å²) < 4.78 is 5.08. The van der Waals surface area contributed by atoms with Gasteiger partial charge in [0.05, 0.1) is 7.11 Å². The molecule has 0 radical (unpaired) electrons. The molecule has 0 aliphatic rings. The molecule has 0 aliphatic carbocycles. The zero-order valence-electron chi connectivity index (χ0n) is 9.63. The number of rotatable bonds is 7. The Hall–Kier alpha value is -1.91. The Bertz CT molecular complexity index is 392. The van der Waals surface area contributed by atoms with Gasteiger partial charge >= 0.3 is 5.97 Å². The molecule has 0 heterocycles. The van der Waals surface area contributed by atoms with Gasteiger partial charge in [-0.25, -0.2) is 4.79 Å². The average Bonchev–Trinajstić information content (AvgIpc) is 2.34. The number of aryl methyl sites for hydroxylation is 1. The van der Waals surface area contributed by atoms with E-state index in [1.165, 1.54) is 0 Å². The molecular weight excluding hydrogens is 222 g/mol. The number of benzene rings is 1. The van der Waals surface area contributed by atoms with Gasteiger partial charge in [-0.1, -0.05) is 17.3 Å². The van der Waals surface area contributed by atoms with Crippen molar-refractivity contribution in [3.05, 3.63) is 34.7 Å². The molecule has 92 valence electrons. The monoisotopic (exact) mass is 237 g/mol. The summed E-state index contributed by atoms with van der Waals surface area (Å²) in [4.78, 5) is 20.8. The molecule has 0 amide bonds. The van der Waals surface area contributed by atoms with Gasteiger partial charge in [-0.15, -0.1) is 4.91 Å². The quantitative estimate of drug-likeness (QED) is 0.738. The van der Waals surface area contributed by atoms with Crippen molar-refractivity contribution in [1.82, 2.24) is 0 Å². The van der Waals surface area contributed by atoms with E-state index in [0.29, 0.717) is 12.8 Å². The second-order valence-corrected chi connectivity index (χ2v) is 3.70. The lowest BCUT2D eigenvalue weighted by molar-refractivity contribution is -0.138. The third-order valence-corrected chi connectivity index (χ3v) is 2.49. The lowest BCUT2D eigenvalue weighted by Gasteiger charge is -2.05. The Morgan fingerprint density at radius 3 is 2.88 bits per heavy atom. The maximum absolute atomic E-state index is 10.6. The van der Waals surface area contributed by atoms with Crippen LogP contribution in [0, 0.1) is 4.91 Å². The van der Waals surface area contributed by atoms with Crippen molar-refractivity contribution in [3.8, 4) is 5.75 Å². The minimum absolute atomic E-state index is 0.260. The van der Waals surface area contributed by atoms with Crippen LogP contribution in [-0.4, -0.2) is 24.2 Å². The van der Waals surface area contributed by atoms with E-state index in [4.69, 9.17) is 9.84 Å². The number of ether oxygens (including phenoxy) is 1. The highest BCUT2D eigenvalue weighted by Gasteiger charge is 2.16. The first-order valence-electron chi connectivity index (χ1n) is 5.35. The highest BCUT2D eigenvalue weighted by molar-refractivity contribution is 5.73. The second-order valence-electron chi connectivity index (χ2n) is 3.70. The predicted molar refractivity (Wildman–Crippen MR) is 63.2 cm³/mol. The Balaban J connectivity index is 2.44. The number of aliphatic carboxylic acids is 1. The molecule has 1 rings (SSSR count). The van der Waals surface area contributed by atoms with Crippen molar-refractivity contribution in [2.24, 2.45) is 5.18 Å². The predicted octanol–water partition coefficient (Wildman–Crippen LogP) is 2.24. The molecule has 1 aromatic carbocycles. The Morgan fingerprint density at radius 1 is 1.53 bits per heavy atom. The van der Waals surface area contributed by atoms with E-state index in [1.807, 2.05) is 24.3 Å². The SMILES string of the molecule is COc1cccc(CCCC(N=O)C(=O)O)c1. The van der Waals surface area contributed by atoms with E-state index in [-0.39, 0.29) is 6.42 Å². The zero-order chi connectivity index (χ0) is 12.7. The number of carbonyl (C=O) groups is 1. The van der Waals surface area contributed by atoms with E-state index >= 15 is 0 Å². The molecule has 0 saturated carbocycles. The molecule has 0 fully saturated rings. The molecule has 1 aromatic rings. The summed E-state index contributed by atoms with van der Waals surface area (Å²) >= 11 is 0. The fourth-order valence-corrected chi connectivity index (χ4v) is 1.55. The van der Waals surface area contributed by atoms with E-state index in [2.05, 4.69) is 5.18 Å². The van der Waals surface area contributed by atoms with Crippen LogP contribution in [0.5, 0.6) is 5.75 Å². The molecule has 5 nitrogen and oxygen atoms in total. The topological polar surface area (TPSA) is 76.0 Å². The molecule has 1 atom stereocenters. The molecular formula is C12H15NO4. The number of carboxylic acid groups (broad SMARTS) is 1. The zero-order valence-corrected chi connectivity index (χ0v) is 9.63. The van der Waals surface area contributed by atoms with Gasteiger partial charge in [0.15, 0.2) is 6.04 Å². The summed E-state index contributed by atoms with van der Waals surface area (Å²) in [5.41, 5.74) is 1.05. The van der Waals surface area contributed by atoms with Gasteiger partial charge in [0, 0.05) is 0 Å². The Labute approximate surface area is 99.4 Å². The summed E-state index contributed by atoms with van der Waals surface area (Å²) in [6.45, 7) is 0. The van der Waals surface area contributed by atoms with Crippen LogP contribution in [0.4, 0.5) is 0 Å². The number of nitrogens with zero attached hydrogens (tertiary/aromatic N) is 1. The first-order valence-corrected chi connectivity index (χ1v) is 5.35. The minimum atomic E-state index is -1.16. The fraction of sp³-hybridized carbons (Fsp3) is 0.417. The van der Waals surface area contributed by atoms with Crippen LogP contribution in [0.3, 0.4) is 0 Å². The molecule has 0 bridgehead atoms. The normalized spacial score (nSPS) is 11.8. The maximum Gasteiger partial charge on any atom is 0.332 e. The van der Waals surface area contributed by atoms with Crippen LogP contribution in [0.25, 0.3) is 0 Å². The molecule has 5 heteroatoms. The highest BCUT2D eigenvalue weighted by Crippen LogP contribution is 2.15. The molecule has 0 aliphatic heterocycles. The lowest BCUT2D eigenvalue weighted by Crippen LogP contribution is -2.17. The Morgan fingerprint density at radius 2 is 2.29 bits per heavy atom. The first-order chi connectivity index (χ1) is 8.17. The number of methoxy groups -OCH3 is 1. The average molecular weight is 237 g/mol. The van der Waals surface area contributed by atoms with E-state index in [0.717, 1.165) is 11.3 Å². The van der Waals surface area contributed by atoms with E-state index in [1.54, 1.807) is 7.11 Å². The fourth-order valence-electron chi connectivity index (χ4n) is 1.55. The van der Waals surface area contributed by atoms with Crippen molar-refractivity contribution in [2.75, 3.05) is 7.11 Å². The van der Waals surface area contributed by atoms with Crippen molar-refractivity contribution in [3.63, 3.8) is 0 Å². The number of nitroso groups, excluding NO2 is 1. The number of hydrogen-bond donors (Lipinski definition) is 1. The number of hydrogen-bond acceptors (Lipinski definition) is 4. The summed E-state index contributed by atoms with van der Waals surface area (Å²) in [6.07, 6.45) is 1.57. The largest absolute Gasteiger partial charge is 0.497 e. The Kier molecular flexibility index (Phi) is 5.13. The van der Waals surface area contributed by atoms with Crippen molar-refractivity contribution in [2.45, 2.75) is 25.3 Å². The minimum Gasteiger partial charge on any atom is -0.497 e. The van der Waals surface area contributed by atoms with Gasteiger partial charge in [-0.2, -0.15) is 0 Å². The van der Waals surface area contributed by atoms with Crippen molar-refractivity contribution < 1.29 is 14.6 Å². The van der Waals surface area contributed by atoms with Gasteiger partial charge in [0.2, 0.25) is 0 Å². The summed E-state index contributed by atoms with van der Waals surface area (Å²) in [5.74, 6) is -0.392. The summed E-state index contributed by atoms with van der Waals surface area (Å²) in [5, 5.41) is 11.2. The van der Waals surface area contributed by atoms with Crippen LogP contribution in [-0.2, 0) is 11.2 Å². The van der Waals surface area contributed by atoms with Crippen LogP contribution < -0.4 is 4.74 Å². The van der Waals surface area contributed by atoms with Gasteiger partial charge in [-0.3, -0.25) is 0 Å². The van der Waals surface area contributed by atoms with Gasteiger partial charge in [-0.05, 0) is 37.0 Å². The third kappa shape index (κ3) is 4.22. The third-order valence-electron chi connectivity index (χ3n) is 2.49. The van der Waals surface area contributed by atoms with E-state index < -0.39 is 12.0 Å². The molecule has 1 N–H and O–H groups in total. The number of carboxylic acids is 1. The van der Waals surface area contributed by atoms with Crippen molar-refractivity contribution in [1.29, 1.82) is 0 Å². The first kappa shape index (κ1) is 13.2. The molecule has 17 heavy (non-hydrogen) atoms. The van der Waals surface area contributed by atoms with Crippen LogP contribution >= 0.6 is 0 Å². The standard InChI is InChI=1S/C12H15NO4/c1-17-10-6-2-4-9(8-10)5-3-7-11(13-16)12(14)15/h2,4,6,8,11H,3,5,7H2,1H3,(H,14,15). The molecule has 1 unspecified atom stereocenters. The molecule has 0 saturated heterocycles.